The molecule has 0 bridgehead atoms. The summed E-state index contributed by atoms with van der Waals surface area (Å²) in [4.78, 5) is 12.1. The third-order valence-electron chi connectivity index (χ3n) is 4.24. The van der Waals surface area contributed by atoms with Gasteiger partial charge in [-0.15, -0.1) is 0 Å². The number of nitrogens with one attached hydrogen (secondary N) is 1. The van der Waals surface area contributed by atoms with Crippen LogP contribution in [-0.2, 0) is 16.1 Å². The molecule has 0 aliphatic carbocycles. The number of rotatable bonds is 6. The van der Waals surface area contributed by atoms with Crippen LogP contribution in [0.4, 0.5) is 0 Å². The molecule has 1 aromatic carbocycles. The quantitative estimate of drug-likeness (QED) is 0.892. The minimum atomic E-state index is 0.100. The average Bonchev–Trinajstić information content (AvgIpc) is 3.22. The molecule has 3 rings (SSSR count). The lowest BCUT2D eigenvalue weighted by atomic mass is 10.0. The van der Waals surface area contributed by atoms with Gasteiger partial charge < -0.3 is 10.1 Å². The van der Waals surface area contributed by atoms with Crippen molar-refractivity contribution in [3.05, 3.63) is 47.8 Å². The molecule has 0 spiro atoms. The van der Waals surface area contributed by atoms with Crippen LogP contribution in [0.2, 0.25) is 0 Å². The zero-order valence-electron chi connectivity index (χ0n) is 13.5. The lowest BCUT2D eigenvalue weighted by Crippen LogP contribution is -2.24. The Kier molecular flexibility index (Phi) is 5.08. The van der Waals surface area contributed by atoms with E-state index in [1.807, 2.05) is 48.1 Å². The van der Waals surface area contributed by atoms with E-state index >= 15 is 0 Å². The first kappa shape index (κ1) is 15.7. The summed E-state index contributed by atoms with van der Waals surface area (Å²) in [6, 6.07) is 9.98. The zero-order chi connectivity index (χ0) is 16.1. The van der Waals surface area contributed by atoms with Crippen molar-refractivity contribution in [1.29, 1.82) is 0 Å². The highest BCUT2D eigenvalue weighted by molar-refractivity contribution is 5.76. The van der Waals surface area contributed by atoms with E-state index in [4.69, 9.17) is 4.74 Å². The summed E-state index contributed by atoms with van der Waals surface area (Å²) in [5.74, 6) is 0.642. The van der Waals surface area contributed by atoms with Gasteiger partial charge in [-0.05, 0) is 43.4 Å². The summed E-state index contributed by atoms with van der Waals surface area (Å²) in [7, 11) is 0. The third kappa shape index (κ3) is 4.20. The Morgan fingerprint density at radius 1 is 1.39 bits per heavy atom. The standard InChI is InChI=1S/C18H23N3O2/c1-14-8-10-21(20-14)17-5-3-2-4-16(17)12-19-18(22)7-6-15-9-11-23-13-15/h2-5,8,10,15H,6-7,9,11-13H2,1H3,(H,19,22). The summed E-state index contributed by atoms with van der Waals surface area (Å²) >= 11 is 0. The Morgan fingerprint density at radius 3 is 3.00 bits per heavy atom. The Balaban J connectivity index is 1.56. The van der Waals surface area contributed by atoms with E-state index in [2.05, 4.69) is 10.4 Å². The molecule has 1 unspecified atom stereocenters. The summed E-state index contributed by atoms with van der Waals surface area (Å²) in [6.07, 6.45) is 4.49. The predicted octanol–water partition coefficient (Wildman–Crippen LogP) is 2.61. The fourth-order valence-corrected chi connectivity index (χ4v) is 2.86. The van der Waals surface area contributed by atoms with Gasteiger partial charge in [0.25, 0.3) is 0 Å². The van der Waals surface area contributed by atoms with Gasteiger partial charge in [-0.2, -0.15) is 5.10 Å². The molecule has 2 heterocycles. The van der Waals surface area contributed by atoms with Crippen molar-refractivity contribution in [1.82, 2.24) is 15.1 Å². The van der Waals surface area contributed by atoms with Gasteiger partial charge in [0.05, 0.1) is 11.4 Å². The molecule has 2 aromatic rings. The van der Waals surface area contributed by atoms with Crippen LogP contribution < -0.4 is 5.32 Å². The second-order valence-electron chi connectivity index (χ2n) is 6.08. The fraction of sp³-hybridized carbons (Fsp3) is 0.444. The average molecular weight is 313 g/mol. The number of carbonyl (C=O) groups is 1. The van der Waals surface area contributed by atoms with E-state index in [0.717, 1.165) is 43.0 Å². The molecule has 1 N–H and O–H groups in total. The monoisotopic (exact) mass is 313 g/mol. The lowest BCUT2D eigenvalue weighted by Gasteiger charge is -2.11. The minimum Gasteiger partial charge on any atom is -0.381 e. The number of para-hydroxylation sites is 1. The summed E-state index contributed by atoms with van der Waals surface area (Å²) in [5, 5.41) is 7.47. The lowest BCUT2D eigenvalue weighted by molar-refractivity contribution is -0.121. The molecule has 23 heavy (non-hydrogen) atoms. The molecule has 1 aliphatic rings. The summed E-state index contributed by atoms with van der Waals surface area (Å²) < 4.78 is 7.20. The van der Waals surface area contributed by atoms with Gasteiger partial charge in [-0.25, -0.2) is 4.68 Å². The van der Waals surface area contributed by atoms with E-state index in [-0.39, 0.29) is 5.91 Å². The molecule has 1 amide bonds. The van der Waals surface area contributed by atoms with Crippen molar-refractivity contribution in [3.63, 3.8) is 0 Å². The number of ether oxygens (including phenoxy) is 1. The summed E-state index contributed by atoms with van der Waals surface area (Å²) in [5.41, 5.74) is 3.04. The van der Waals surface area contributed by atoms with Crippen molar-refractivity contribution >= 4 is 5.91 Å². The maximum absolute atomic E-state index is 12.1. The second kappa shape index (κ2) is 7.42. The Morgan fingerprint density at radius 2 is 2.26 bits per heavy atom. The first-order valence-electron chi connectivity index (χ1n) is 8.17. The summed E-state index contributed by atoms with van der Waals surface area (Å²) in [6.45, 7) is 4.13. The van der Waals surface area contributed by atoms with E-state index < -0.39 is 0 Å². The van der Waals surface area contributed by atoms with Crippen molar-refractivity contribution in [2.45, 2.75) is 32.7 Å². The largest absolute Gasteiger partial charge is 0.381 e. The van der Waals surface area contributed by atoms with Crippen LogP contribution >= 0.6 is 0 Å². The van der Waals surface area contributed by atoms with E-state index in [1.54, 1.807) is 0 Å². The van der Waals surface area contributed by atoms with Crippen LogP contribution in [0, 0.1) is 12.8 Å². The molecule has 122 valence electrons. The van der Waals surface area contributed by atoms with Crippen LogP contribution in [0.3, 0.4) is 0 Å². The Bertz CT molecular complexity index is 660. The topological polar surface area (TPSA) is 56.2 Å². The SMILES string of the molecule is Cc1ccn(-c2ccccc2CNC(=O)CCC2CCOC2)n1. The van der Waals surface area contributed by atoms with Crippen LogP contribution in [-0.4, -0.2) is 28.9 Å². The molecule has 1 aromatic heterocycles. The second-order valence-corrected chi connectivity index (χ2v) is 6.08. The van der Waals surface area contributed by atoms with Gasteiger partial charge in [0.1, 0.15) is 0 Å². The molecule has 5 heteroatoms. The number of aryl methyl sites for hydroxylation is 1. The van der Waals surface area contributed by atoms with E-state index in [9.17, 15) is 4.79 Å². The number of nitrogens with zero attached hydrogens (tertiary/aromatic N) is 2. The van der Waals surface area contributed by atoms with Crippen molar-refractivity contribution < 1.29 is 9.53 Å². The highest BCUT2D eigenvalue weighted by Crippen LogP contribution is 2.18. The molecule has 5 nitrogen and oxygen atoms in total. The van der Waals surface area contributed by atoms with Gasteiger partial charge >= 0.3 is 0 Å². The molecule has 0 radical (unpaired) electrons. The molecular weight excluding hydrogens is 290 g/mol. The number of hydrogen-bond donors (Lipinski definition) is 1. The van der Waals surface area contributed by atoms with Crippen LogP contribution in [0.15, 0.2) is 36.5 Å². The number of aromatic nitrogens is 2. The van der Waals surface area contributed by atoms with Gasteiger partial charge in [-0.3, -0.25) is 4.79 Å². The molecule has 1 saturated heterocycles. The maximum Gasteiger partial charge on any atom is 0.220 e. The first-order chi connectivity index (χ1) is 11.2. The Labute approximate surface area is 136 Å². The van der Waals surface area contributed by atoms with Gasteiger partial charge in [0.2, 0.25) is 5.91 Å². The van der Waals surface area contributed by atoms with E-state index in [1.165, 1.54) is 0 Å². The number of carbonyl (C=O) groups excluding carboxylic acids is 1. The van der Waals surface area contributed by atoms with Crippen molar-refractivity contribution in [3.8, 4) is 5.69 Å². The van der Waals surface area contributed by atoms with Gasteiger partial charge in [0, 0.05) is 32.4 Å². The number of amides is 1. The smallest absolute Gasteiger partial charge is 0.220 e. The normalized spacial score (nSPS) is 17.3. The zero-order valence-corrected chi connectivity index (χ0v) is 13.5. The molecule has 1 fully saturated rings. The highest BCUT2D eigenvalue weighted by Gasteiger charge is 2.16. The molecule has 1 atom stereocenters. The maximum atomic E-state index is 12.1. The molecular formula is C18H23N3O2. The molecule has 0 saturated carbocycles. The van der Waals surface area contributed by atoms with Crippen molar-refractivity contribution in [2.75, 3.05) is 13.2 Å². The number of benzene rings is 1. The van der Waals surface area contributed by atoms with Crippen molar-refractivity contribution in [2.24, 2.45) is 5.92 Å². The third-order valence-corrected chi connectivity index (χ3v) is 4.24. The highest BCUT2D eigenvalue weighted by atomic mass is 16.5. The molecule has 1 aliphatic heterocycles. The first-order valence-corrected chi connectivity index (χ1v) is 8.17. The van der Waals surface area contributed by atoms with E-state index in [0.29, 0.717) is 18.9 Å². The van der Waals surface area contributed by atoms with Crippen LogP contribution in [0.5, 0.6) is 0 Å². The van der Waals surface area contributed by atoms with Crippen LogP contribution in [0.25, 0.3) is 5.69 Å². The van der Waals surface area contributed by atoms with Crippen LogP contribution in [0.1, 0.15) is 30.5 Å². The van der Waals surface area contributed by atoms with Gasteiger partial charge in [-0.1, -0.05) is 18.2 Å². The Hall–Kier alpha value is -2.14. The predicted molar refractivity (Wildman–Crippen MR) is 88.3 cm³/mol. The van der Waals surface area contributed by atoms with Gasteiger partial charge in [0.15, 0.2) is 0 Å². The number of hydrogen-bond acceptors (Lipinski definition) is 3. The minimum absolute atomic E-state index is 0.100. The fourth-order valence-electron chi connectivity index (χ4n) is 2.86.